The van der Waals surface area contributed by atoms with E-state index in [9.17, 15) is 13.6 Å². The van der Waals surface area contributed by atoms with Gasteiger partial charge in [0.15, 0.2) is 5.82 Å². The summed E-state index contributed by atoms with van der Waals surface area (Å²) in [5.74, 6) is 4.68. The number of amides is 1. The van der Waals surface area contributed by atoms with Gasteiger partial charge in [0, 0.05) is 11.6 Å². The zero-order chi connectivity index (χ0) is 19.6. The lowest BCUT2D eigenvalue weighted by Gasteiger charge is -2.12. The zero-order valence-corrected chi connectivity index (χ0v) is 15.4. The number of nitrogens with two attached hydrogens (primary N) is 1. The monoisotopic (exact) mass is 389 g/mol. The Hall–Kier alpha value is -2.94. The average Bonchev–Trinajstić information content (AvgIpc) is 2.99. The molecule has 2 aromatic carbocycles. The number of anilines is 1. The van der Waals surface area contributed by atoms with Gasteiger partial charge >= 0.3 is 0 Å². The summed E-state index contributed by atoms with van der Waals surface area (Å²) in [5, 5.41) is 10.2. The van der Waals surface area contributed by atoms with Crippen LogP contribution in [0.1, 0.15) is 12.5 Å². The number of nitrogens with one attached hydrogen (secondary N) is 1. The third kappa shape index (κ3) is 4.08. The fourth-order valence-corrected chi connectivity index (χ4v) is 3.17. The molecule has 0 unspecified atom stereocenters. The van der Waals surface area contributed by atoms with E-state index < -0.39 is 22.8 Å². The van der Waals surface area contributed by atoms with Gasteiger partial charge in [0.1, 0.15) is 11.6 Å². The molecule has 0 saturated carbocycles. The SMILES string of the molecule is Cc1ccccc1-c1nnc(S[C@H](C)C(=O)Nc2cc(F)ccc2F)n1N. The van der Waals surface area contributed by atoms with E-state index in [1.54, 1.807) is 6.92 Å². The zero-order valence-electron chi connectivity index (χ0n) is 14.6. The Morgan fingerprint density at radius 3 is 2.70 bits per heavy atom. The number of carbonyl (C=O) groups is 1. The van der Waals surface area contributed by atoms with Crippen LogP contribution in [0.5, 0.6) is 0 Å². The van der Waals surface area contributed by atoms with Crippen molar-refractivity contribution in [3.63, 3.8) is 0 Å². The standard InChI is InChI=1S/C18H17F2N5OS/c1-10-5-3-4-6-13(10)16-23-24-18(25(16)21)27-11(2)17(26)22-15-9-12(19)7-8-14(15)20/h3-9,11H,21H2,1-2H3,(H,22,26)/t11-/m1/s1. The highest BCUT2D eigenvalue weighted by atomic mass is 32.2. The molecule has 3 rings (SSSR count). The molecular weight excluding hydrogens is 372 g/mol. The van der Waals surface area contributed by atoms with Gasteiger partial charge in [-0.25, -0.2) is 13.5 Å². The molecule has 1 amide bonds. The molecule has 1 heterocycles. The number of rotatable bonds is 5. The van der Waals surface area contributed by atoms with Gasteiger partial charge in [-0.1, -0.05) is 36.0 Å². The van der Waals surface area contributed by atoms with Crippen LogP contribution in [0, 0.1) is 18.6 Å². The molecule has 0 bridgehead atoms. The predicted molar refractivity (Wildman–Crippen MR) is 101 cm³/mol. The van der Waals surface area contributed by atoms with E-state index in [2.05, 4.69) is 15.5 Å². The molecule has 3 aromatic rings. The lowest BCUT2D eigenvalue weighted by molar-refractivity contribution is -0.115. The molecule has 0 spiro atoms. The first kappa shape index (κ1) is 18.8. The molecule has 3 N–H and O–H groups in total. The Morgan fingerprint density at radius 2 is 1.96 bits per heavy atom. The molecule has 1 aromatic heterocycles. The number of thioether (sulfide) groups is 1. The van der Waals surface area contributed by atoms with Crippen molar-refractivity contribution in [3.8, 4) is 11.4 Å². The van der Waals surface area contributed by atoms with E-state index in [0.717, 1.165) is 41.1 Å². The number of nitrogen functional groups attached to an aromatic ring is 1. The smallest absolute Gasteiger partial charge is 0.237 e. The third-order valence-electron chi connectivity index (χ3n) is 3.89. The lowest BCUT2D eigenvalue weighted by Crippen LogP contribution is -2.24. The molecule has 27 heavy (non-hydrogen) atoms. The van der Waals surface area contributed by atoms with Crippen LogP contribution in [0.25, 0.3) is 11.4 Å². The number of aromatic nitrogens is 3. The molecule has 140 valence electrons. The van der Waals surface area contributed by atoms with Crippen LogP contribution in [-0.4, -0.2) is 26.0 Å². The molecule has 0 saturated heterocycles. The average molecular weight is 389 g/mol. The molecular formula is C18H17F2N5OS. The van der Waals surface area contributed by atoms with E-state index in [1.165, 1.54) is 4.68 Å². The Bertz CT molecular complexity index is 992. The van der Waals surface area contributed by atoms with Gasteiger partial charge in [0.05, 0.1) is 10.9 Å². The second-order valence-corrected chi connectivity index (χ2v) is 7.17. The minimum Gasteiger partial charge on any atom is -0.335 e. The van der Waals surface area contributed by atoms with Crippen LogP contribution < -0.4 is 11.2 Å². The van der Waals surface area contributed by atoms with Crippen molar-refractivity contribution < 1.29 is 13.6 Å². The quantitative estimate of drug-likeness (QED) is 0.516. The van der Waals surface area contributed by atoms with Crippen molar-refractivity contribution in [3.05, 3.63) is 59.7 Å². The maximum absolute atomic E-state index is 13.7. The van der Waals surface area contributed by atoms with Gasteiger partial charge in [-0.2, -0.15) is 0 Å². The van der Waals surface area contributed by atoms with E-state index in [4.69, 9.17) is 5.84 Å². The summed E-state index contributed by atoms with van der Waals surface area (Å²) >= 11 is 1.07. The number of halogens is 2. The number of nitrogens with zero attached hydrogens (tertiary/aromatic N) is 3. The summed E-state index contributed by atoms with van der Waals surface area (Å²) in [6.07, 6.45) is 0. The summed E-state index contributed by atoms with van der Waals surface area (Å²) in [6.45, 7) is 3.54. The third-order valence-corrected chi connectivity index (χ3v) is 4.94. The first-order valence-corrected chi connectivity index (χ1v) is 8.94. The highest BCUT2D eigenvalue weighted by molar-refractivity contribution is 8.00. The molecule has 1 atom stereocenters. The van der Waals surface area contributed by atoms with Crippen LogP contribution in [0.3, 0.4) is 0 Å². The predicted octanol–water partition coefficient (Wildman–Crippen LogP) is 3.36. The highest BCUT2D eigenvalue weighted by Crippen LogP contribution is 2.27. The summed E-state index contributed by atoms with van der Waals surface area (Å²) in [5.41, 5.74) is 1.60. The first-order chi connectivity index (χ1) is 12.9. The minimum absolute atomic E-state index is 0.220. The largest absolute Gasteiger partial charge is 0.335 e. The Balaban J connectivity index is 1.75. The van der Waals surface area contributed by atoms with Crippen LogP contribution >= 0.6 is 11.8 Å². The van der Waals surface area contributed by atoms with Crippen molar-refractivity contribution in [2.45, 2.75) is 24.3 Å². The molecule has 0 aliphatic carbocycles. The summed E-state index contributed by atoms with van der Waals surface area (Å²) in [7, 11) is 0. The van der Waals surface area contributed by atoms with Gasteiger partial charge in [0.2, 0.25) is 11.1 Å². The number of hydrogen-bond acceptors (Lipinski definition) is 5. The molecule has 0 fully saturated rings. The van der Waals surface area contributed by atoms with Crippen molar-refractivity contribution in [2.75, 3.05) is 11.2 Å². The highest BCUT2D eigenvalue weighted by Gasteiger charge is 2.21. The molecule has 0 radical (unpaired) electrons. The maximum Gasteiger partial charge on any atom is 0.237 e. The molecule has 6 nitrogen and oxygen atoms in total. The second-order valence-electron chi connectivity index (χ2n) is 5.86. The molecule has 0 aliphatic rings. The van der Waals surface area contributed by atoms with Crippen LogP contribution in [0.15, 0.2) is 47.6 Å². The second kappa shape index (κ2) is 7.75. The van der Waals surface area contributed by atoms with E-state index in [-0.39, 0.29) is 5.69 Å². The Kier molecular flexibility index (Phi) is 5.41. The summed E-state index contributed by atoms with van der Waals surface area (Å²) in [4.78, 5) is 12.3. The molecule has 0 aliphatic heterocycles. The van der Waals surface area contributed by atoms with Gasteiger partial charge in [-0.15, -0.1) is 10.2 Å². The summed E-state index contributed by atoms with van der Waals surface area (Å²) < 4.78 is 28.2. The normalized spacial score (nSPS) is 12.0. The van der Waals surface area contributed by atoms with Crippen LogP contribution in [0.2, 0.25) is 0 Å². The van der Waals surface area contributed by atoms with Crippen molar-refractivity contribution in [1.82, 2.24) is 14.9 Å². The fraction of sp³-hybridized carbons (Fsp3) is 0.167. The van der Waals surface area contributed by atoms with Crippen LogP contribution in [-0.2, 0) is 4.79 Å². The summed E-state index contributed by atoms with van der Waals surface area (Å²) in [6, 6.07) is 10.4. The van der Waals surface area contributed by atoms with Crippen molar-refractivity contribution in [1.29, 1.82) is 0 Å². The van der Waals surface area contributed by atoms with Crippen LogP contribution in [0.4, 0.5) is 14.5 Å². The van der Waals surface area contributed by atoms with Crippen molar-refractivity contribution >= 4 is 23.4 Å². The topological polar surface area (TPSA) is 85.8 Å². The van der Waals surface area contributed by atoms with E-state index >= 15 is 0 Å². The first-order valence-electron chi connectivity index (χ1n) is 8.06. The molecule has 9 heteroatoms. The van der Waals surface area contributed by atoms with Gasteiger partial charge in [-0.3, -0.25) is 4.79 Å². The number of benzene rings is 2. The van der Waals surface area contributed by atoms with Gasteiger partial charge in [0.25, 0.3) is 0 Å². The van der Waals surface area contributed by atoms with E-state index in [0.29, 0.717) is 11.0 Å². The Labute approximate surface area is 158 Å². The minimum atomic E-state index is -0.717. The van der Waals surface area contributed by atoms with E-state index in [1.807, 2.05) is 31.2 Å². The maximum atomic E-state index is 13.7. The number of aryl methyl sites for hydroxylation is 1. The number of carbonyl (C=O) groups excluding carboxylic acids is 1. The number of hydrogen-bond donors (Lipinski definition) is 2. The lowest BCUT2D eigenvalue weighted by atomic mass is 10.1. The van der Waals surface area contributed by atoms with Crippen molar-refractivity contribution in [2.24, 2.45) is 0 Å². The van der Waals surface area contributed by atoms with Gasteiger partial charge < -0.3 is 11.2 Å². The Morgan fingerprint density at radius 1 is 1.22 bits per heavy atom. The fourth-order valence-electron chi connectivity index (χ4n) is 2.40. The van der Waals surface area contributed by atoms with Gasteiger partial charge in [-0.05, 0) is 31.5 Å².